The molecule has 12 heteroatoms. The van der Waals surface area contributed by atoms with E-state index in [4.69, 9.17) is 0 Å². The molecule has 188 valence electrons. The van der Waals surface area contributed by atoms with Crippen LogP contribution >= 0.6 is 0 Å². The van der Waals surface area contributed by atoms with Gasteiger partial charge in [0.05, 0.1) is 17.5 Å². The molecular weight excluding hydrogens is 470 g/mol. The van der Waals surface area contributed by atoms with E-state index in [2.05, 4.69) is 17.2 Å². The van der Waals surface area contributed by atoms with Crippen LogP contribution in [-0.2, 0) is 14.8 Å². The Labute approximate surface area is 197 Å². The van der Waals surface area contributed by atoms with Gasteiger partial charge >= 0.3 is 0 Å². The summed E-state index contributed by atoms with van der Waals surface area (Å²) in [6, 6.07) is 4.30. The molecular formula is C22H30F2N4O5S. The van der Waals surface area contributed by atoms with Crippen molar-refractivity contribution in [1.29, 1.82) is 0 Å². The number of piperidine rings is 1. The largest absolute Gasteiger partial charge is 0.395 e. The van der Waals surface area contributed by atoms with E-state index >= 15 is 0 Å². The van der Waals surface area contributed by atoms with Crippen LogP contribution in [0.4, 0.5) is 8.78 Å². The minimum Gasteiger partial charge on any atom is -0.395 e. The van der Waals surface area contributed by atoms with Gasteiger partial charge in [-0.15, -0.1) is 0 Å². The zero-order valence-electron chi connectivity index (χ0n) is 18.8. The fourth-order valence-electron chi connectivity index (χ4n) is 4.16. The monoisotopic (exact) mass is 500 g/mol. The Bertz CT molecular complexity index is 993. The molecule has 0 aliphatic carbocycles. The molecule has 9 nitrogen and oxygen atoms in total. The predicted octanol–water partition coefficient (Wildman–Crippen LogP) is 0.574. The van der Waals surface area contributed by atoms with Crippen molar-refractivity contribution in [3.8, 4) is 0 Å². The van der Waals surface area contributed by atoms with Crippen LogP contribution in [0.2, 0.25) is 0 Å². The Balaban J connectivity index is 1.56. The van der Waals surface area contributed by atoms with Gasteiger partial charge in [0.15, 0.2) is 0 Å². The number of hydrogen-bond donors (Lipinski definition) is 3. The molecule has 0 bridgehead atoms. The first-order valence-corrected chi connectivity index (χ1v) is 12.5. The minimum absolute atomic E-state index is 0.0117. The van der Waals surface area contributed by atoms with Gasteiger partial charge in [0, 0.05) is 57.2 Å². The smallest absolute Gasteiger partial charge is 0.251 e. The minimum atomic E-state index is -3.96. The fraction of sp³-hybridized carbons (Fsp3) is 0.545. The molecule has 1 aromatic carbocycles. The van der Waals surface area contributed by atoms with Crippen molar-refractivity contribution >= 4 is 21.8 Å². The first-order chi connectivity index (χ1) is 16.1. The van der Waals surface area contributed by atoms with Crippen molar-refractivity contribution < 1.29 is 31.9 Å². The molecule has 2 aliphatic rings. The Morgan fingerprint density at radius 2 is 1.85 bits per heavy atom. The number of aliphatic hydroxyl groups is 1. The highest BCUT2D eigenvalue weighted by Gasteiger charge is 2.40. The lowest BCUT2D eigenvalue weighted by atomic mass is 10.1. The Kier molecular flexibility index (Phi) is 8.39. The number of amides is 2. The maximum atomic E-state index is 13.2. The number of halogens is 2. The quantitative estimate of drug-likeness (QED) is 0.427. The molecule has 2 heterocycles. The van der Waals surface area contributed by atoms with Crippen molar-refractivity contribution in [2.45, 2.75) is 42.2 Å². The lowest BCUT2D eigenvalue weighted by molar-refractivity contribution is -0.117. The van der Waals surface area contributed by atoms with Crippen molar-refractivity contribution in [2.75, 3.05) is 39.3 Å². The second-order valence-electron chi connectivity index (χ2n) is 8.53. The van der Waals surface area contributed by atoms with Gasteiger partial charge in [-0.2, -0.15) is 4.31 Å². The number of carbonyl (C=O) groups is 2. The second kappa shape index (κ2) is 10.9. The number of hydrogen-bond acceptors (Lipinski definition) is 6. The van der Waals surface area contributed by atoms with Gasteiger partial charge in [0.1, 0.15) is 0 Å². The van der Waals surface area contributed by atoms with Crippen molar-refractivity contribution in [3.63, 3.8) is 0 Å². The first kappa shape index (κ1) is 26.2. The summed E-state index contributed by atoms with van der Waals surface area (Å²) in [7, 11) is -3.96. The van der Waals surface area contributed by atoms with Crippen molar-refractivity contribution in [1.82, 2.24) is 19.8 Å². The van der Waals surface area contributed by atoms with Crippen LogP contribution in [0.5, 0.6) is 0 Å². The summed E-state index contributed by atoms with van der Waals surface area (Å²) < 4.78 is 53.8. The molecule has 2 fully saturated rings. The van der Waals surface area contributed by atoms with Crippen molar-refractivity contribution in [3.05, 3.63) is 42.5 Å². The van der Waals surface area contributed by atoms with Crippen molar-refractivity contribution in [2.24, 2.45) is 0 Å². The molecule has 2 aliphatic heterocycles. The molecule has 2 saturated heterocycles. The Morgan fingerprint density at radius 1 is 1.21 bits per heavy atom. The molecule has 2 unspecified atom stereocenters. The molecule has 2 amide bonds. The molecule has 1 aromatic rings. The van der Waals surface area contributed by atoms with Crippen LogP contribution in [-0.4, -0.2) is 91.9 Å². The third kappa shape index (κ3) is 6.38. The molecule has 0 radical (unpaired) electrons. The second-order valence-corrected chi connectivity index (χ2v) is 10.4. The number of rotatable bonds is 9. The maximum absolute atomic E-state index is 13.2. The van der Waals surface area contributed by atoms with Gasteiger partial charge < -0.3 is 20.6 Å². The predicted molar refractivity (Wildman–Crippen MR) is 121 cm³/mol. The summed E-state index contributed by atoms with van der Waals surface area (Å²) >= 11 is 0. The summed E-state index contributed by atoms with van der Waals surface area (Å²) in [5.74, 6) is -3.43. The molecule has 34 heavy (non-hydrogen) atoms. The summed E-state index contributed by atoms with van der Waals surface area (Å²) in [4.78, 5) is 25.8. The molecule has 0 saturated carbocycles. The summed E-state index contributed by atoms with van der Waals surface area (Å²) in [5, 5.41) is 15.0. The van der Waals surface area contributed by atoms with E-state index in [1.165, 1.54) is 24.3 Å². The van der Waals surface area contributed by atoms with E-state index in [0.29, 0.717) is 6.54 Å². The number of carbonyl (C=O) groups excluding carboxylic acids is 2. The van der Waals surface area contributed by atoms with E-state index in [-0.39, 0.29) is 55.9 Å². The van der Waals surface area contributed by atoms with E-state index in [1.807, 2.05) is 4.90 Å². The van der Waals surface area contributed by atoms with Gasteiger partial charge in [0.25, 0.3) is 11.8 Å². The van der Waals surface area contributed by atoms with E-state index in [1.54, 1.807) is 0 Å². The molecule has 0 spiro atoms. The average Bonchev–Trinajstić information content (AvgIpc) is 3.23. The zero-order chi connectivity index (χ0) is 24.9. The lowest BCUT2D eigenvalue weighted by Gasteiger charge is -2.31. The van der Waals surface area contributed by atoms with E-state index in [9.17, 15) is 31.9 Å². The van der Waals surface area contributed by atoms with Crippen LogP contribution in [0, 0.1) is 0 Å². The number of nitrogens with one attached hydrogen (secondary N) is 2. The van der Waals surface area contributed by atoms with Crippen LogP contribution in [0.1, 0.15) is 29.6 Å². The topological polar surface area (TPSA) is 119 Å². The lowest BCUT2D eigenvalue weighted by Crippen LogP contribution is -2.43. The number of sulfonamides is 1. The molecule has 3 rings (SSSR count). The maximum Gasteiger partial charge on any atom is 0.251 e. The third-order valence-electron chi connectivity index (χ3n) is 6.13. The summed E-state index contributed by atoms with van der Waals surface area (Å²) in [6.07, 6.45) is 0.989. The number of alkyl halides is 2. The van der Waals surface area contributed by atoms with Gasteiger partial charge in [-0.05, 0) is 36.8 Å². The molecule has 2 atom stereocenters. The van der Waals surface area contributed by atoms with Gasteiger partial charge in [-0.1, -0.05) is 6.58 Å². The van der Waals surface area contributed by atoms with Crippen LogP contribution in [0.3, 0.4) is 0 Å². The number of likely N-dealkylation sites (tertiary alicyclic amines) is 1. The fourth-order valence-corrected chi connectivity index (χ4v) is 5.83. The molecule has 0 aromatic heterocycles. The summed E-state index contributed by atoms with van der Waals surface area (Å²) in [5.41, 5.74) is 0.264. The first-order valence-electron chi connectivity index (χ1n) is 11.1. The number of nitrogens with zero attached hydrogens (tertiary/aromatic N) is 2. The van der Waals surface area contributed by atoms with Crippen LogP contribution in [0.25, 0.3) is 0 Å². The third-order valence-corrected chi connectivity index (χ3v) is 8.06. The average molecular weight is 501 g/mol. The number of aliphatic hydroxyl groups excluding tert-OH is 1. The number of benzene rings is 1. The van der Waals surface area contributed by atoms with Gasteiger partial charge in [-0.3, -0.25) is 9.59 Å². The van der Waals surface area contributed by atoms with Gasteiger partial charge in [0.2, 0.25) is 15.9 Å². The normalized spacial score (nSPS) is 23.4. The highest BCUT2D eigenvalue weighted by atomic mass is 32.2. The highest BCUT2D eigenvalue weighted by Crippen LogP contribution is 2.28. The Morgan fingerprint density at radius 3 is 2.44 bits per heavy atom. The van der Waals surface area contributed by atoms with Crippen LogP contribution in [0.15, 0.2) is 41.8 Å². The SMILES string of the molecule is C=CC(=O)NC1CC(CO)N(S(=O)(=O)c2ccc(C(=O)NCCN3CCC(F)(F)CC3)cc2)C1. The molecule has 3 N–H and O–H groups in total. The highest BCUT2D eigenvalue weighted by molar-refractivity contribution is 7.89. The van der Waals surface area contributed by atoms with E-state index < -0.39 is 46.5 Å². The van der Waals surface area contributed by atoms with E-state index in [0.717, 1.165) is 10.4 Å². The van der Waals surface area contributed by atoms with Gasteiger partial charge in [-0.25, -0.2) is 17.2 Å². The van der Waals surface area contributed by atoms with Crippen LogP contribution < -0.4 is 10.6 Å². The zero-order valence-corrected chi connectivity index (χ0v) is 19.6. The standard InChI is InChI=1S/C22H30F2N4O5S/c1-2-20(30)26-17-13-18(15-29)28(14-17)34(32,33)19-5-3-16(4-6-19)21(31)25-9-12-27-10-7-22(23,24)8-11-27/h2-6,17-18,29H,1,7-15H2,(H,25,31)(H,26,30). The summed E-state index contributed by atoms with van der Waals surface area (Å²) in [6.45, 7) is 4.28. The Hall–Kier alpha value is -2.41.